The van der Waals surface area contributed by atoms with Crippen LogP contribution in [0.2, 0.25) is 0 Å². The summed E-state index contributed by atoms with van der Waals surface area (Å²) in [5.74, 6) is -5.48. The smallest absolute Gasteiger partial charge is 0.314 e. The van der Waals surface area contributed by atoms with Gasteiger partial charge >= 0.3 is 5.97 Å². The van der Waals surface area contributed by atoms with Crippen LogP contribution in [-0.4, -0.2) is 19.7 Å². The van der Waals surface area contributed by atoms with Gasteiger partial charge in [0, 0.05) is 11.1 Å². The summed E-state index contributed by atoms with van der Waals surface area (Å²) < 4.78 is 73.8. The van der Waals surface area contributed by atoms with E-state index in [4.69, 9.17) is 14.2 Å². The number of hydrogen-bond donors (Lipinski definition) is 0. The second kappa shape index (κ2) is 9.93. The van der Waals surface area contributed by atoms with Crippen LogP contribution < -0.4 is 9.47 Å². The molecule has 1 saturated carbocycles. The van der Waals surface area contributed by atoms with Crippen LogP contribution in [0.15, 0.2) is 48.5 Å². The van der Waals surface area contributed by atoms with Crippen molar-refractivity contribution in [3.05, 3.63) is 82.9 Å². The van der Waals surface area contributed by atoms with Crippen LogP contribution in [0.4, 0.5) is 17.6 Å². The average Bonchev–Trinajstić information content (AvgIpc) is 3.74. The maximum Gasteiger partial charge on any atom is 0.314 e. The molecule has 1 aliphatic carbocycles. The maximum absolute atomic E-state index is 14.7. The molecular formula is C28H24F4O4. The zero-order valence-electron chi connectivity index (χ0n) is 19.5. The van der Waals surface area contributed by atoms with E-state index in [1.807, 2.05) is 0 Å². The number of carbonyl (C=O) groups is 1. The molecule has 1 atom stereocenters. The van der Waals surface area contributed by atoms with Crippen molar-refractivity contribution in [3.8, 4) is 22.6 Å². The van der Waals surface area contributed by atoms with Gasteiger partial charge in [-0.1, -0.05) is 24.3 Å². The topological polar surface area (TPSA) is 48.1 Å². The lowest BCUT2D eigenvalue weighted by molar-refractivity contribution is -0.140. The van der Waals surface area contributed by atoms with Crippen molar-refractivity contribution in [2.45, 2.75) is 37.7 Å². The summed E-state index contributed by atoms with van der Waals surface area (Å²) in [6, 6.07) is 12.2. The van der Waals surface area contributed by atoms with Crippen molar-refractivity contribution in [1.82, 2.24) is 0 Å². The van der Waals surface area contributed by atoms with Gasteiger partial charge in [0.2, 0.25) is 5.82 Å². The molecule has 36 heavy (non-hydrogen) atoms. The molecule has 3 aromatic carbocycles. The summed E-state index contributed by atoms with van der Waals surface area (Å²) in [5, 5.41) is 0. The third-order valence-electron chi connectivity index (χ3n) is 6.98. The second-order valence-electron chi connectivity index (χ2n) is 9.13. The fourth-order valence-electron chi connectivity index (χ4n) is 4.81. The molecule has 1 aliphatic heterocycles. The molecule has 1 unspecified atom stereocenters. The Morgan fingerprint density at radius 3 is 2.08 bits per heavy atom. The first kappa shape index (κ1) is 24.3. The number of ether oxygens (including phenoxy) is 3. The number of epoxide rings is 1. The molecule has 0 amide bonds. The number of carbonyl (C=O) groups excluding carboxylic acids is 1. The van der Waals surface area contributed by atoms with Crippen LogP contribution in [0, 0.1) is 29.2 Å². The standard InChI is InChI=1S/C28H24F4O4/c1-34-18-8-6-16(7-9-18)20-12-13-22(27(32)25(20)30)36-28(33)17-4-2-15(3-5-17)19-10-11-21(23-14-35-23)26(31)24(19)29/h6-13,15,17,23H,2-5,14H2,1H3. The Hall–Kier alpha value is -3.39. The molecule has 3 aromatic rings. The Labute approximate surface area is 205 Å². The van der Waals surface area contributed by atoms with E-state index in [1.165, 1.54) is 19.2 Å². The normalized spacial score (nSPS) is 21.2. The highest BCUT2D eigenvalue weighted by Crippen LogP contribution is 2.41. The Bertz CT molecular complexity index is 1280. The molecule has 188 valence electrons. The van der Waals surface area contributed by atoms with E-state index in [1.54, 1.807) is 36.4 Å². The number of halogens is 4. The minimum atomic E-state index is -1.25. The van der Waals surface area contributed by atoms with Gasteiger partial charge < -0.3 is 14.2 Å². The lowest BCUT2D eigenvalue weighted by Crippen LogP contribution is -2.26. The molecule has 0 bridgehead atoms. The third kappa shape index (κ3) is 4.69. The quantitative estimate of drug-likeness (QED) is 0.160. The predicted octanol–water partition coefficient (Wildman–Crippen LogP) is 6.87. The van der Waals surface area contributed by atoms with Crippen molar-refractivity contribution in [2.75, 3.05) is 13.7 Å². The number of benzene rings is 3. The second-order valence-corrected chi connectivity index (χ2v) is 9.13. The van der Waals surface area contributed by atoms with E-state index < -0.39 is 40.9 Å². The average molecular weight is 500 g/mol. The summed E-state index contributed by atoms with van der Waals surface area (Å²) in [7, 11) is 1.50. The Balaban J connectivity index is 1.23. The van der Waals surface area contributed by atoms with E-state index >= 15 is 0 Å². The van der Waals surface area contributed by atoms with Crippen LogP contribution >= 0.6 is 0 Å². The van der Waals surface area contributed by atoms with Crippen molar-refractivity contribution < 1.29 is 36.6 Å². The lowest BCUT2D eigenvalue weighted by atomic mass is 9.78. The van der Waals surface area contributed by atoms with Crippen LogP contribution in [-0.2, 0) is 9.53 Å². The SMILES string of the molecule is COc1ccc(-c2ccc(OC(=O)C3CCC(c4ccc(C5CO5)c(F)c4F)CC3)c(F)c2F)cc1. The zero-order chi connectivity index (χ0) is 25.4. The Morgan fingerprint density at radius 2 is 1.44 bits per heavy atom. The molecule has 8 heteroatoms. The van der Waals surface area contributed by atoms with Gasteiger partial charge in [0.25, 0.3) is 0 Å². The molecular weight excluding hydrogens is 476 g/mol. The molecule has 4 nitrogen and oxygen atoms in total. The van der Waals surface area contributed by atoms with Crippen molar-refractivity contribution in [1.29, 1.82) is 0 Å². The van der Waals surface area contributed by atoms with Crippen LogP contribution in [0.5, 0.6) is 11.5 Å². The highest BCUT2D eigenvalue weighted by atomic mass is 19.2. The molecule has 2 fully saturated rings. The van der Waals surface area contributed by atoms with E-state index in [9.17, 15) is 22.4 Å². The van der Waals surface area contributed by atoms with Crippen molar-refractivity contribution >= 4 is 5.97 Å². The van der Waals surface area contributed by atoms with Gasteiger partial charge in [-0.15, -0.1) is 0 Å². The number of hydrogen-bond acceptors (Lipinski definition) is 4. The molecule has 0 spiro atoms. The van der Waals surface area contributed by atoms with Gasteiger partial charge in [-0.3, -0.25) is 4.79 Å². The molecule has 5 rings (SSSR count). The summed E-state index contributed by atoms with van der Waals surface area (Å²) in [4.78, 5) is 12.7. The van der Waals surface area contributed by atoms with E-state index in [2.05, 4.69) is 0 Å². The highest BCUT2D eigenvalue weighted by molar-refractivity contribution is 5.76. The first-order valence-electron chi connectivity index (χ1n) is 11.8. The minimum Gasteiger partial charge on any atom is -0.497 e. The monoisotopic (exact) mass is 500 g/mol. The summed E-state index contributed by atoms with van der Waals surface area (Å²) >= 11 is 0. The van der Waals surface area contributed by atoms with Gasteiger partial charge in [0.15, 0.2) is 23.2 Å². The van der Waals surface area contributed by atoms with Crippen LogP contribution in [0.3, 0.4) is 0 Å². The summed E-state index contributed by atoms with van der Waals surface area (Å²) in [5.41, 5.74) is 0.987. The van der Waals surface area contributed by atoms with Crippen molar-refractivity contribution in [2.24, 2.45) is 5.92 Å². The summed E-state index contributed by atoms with van der Waals surface area (Å²) in [6.45, 7) is 0.387. The highest BCUT2D eigenvalue weighted by Gasteiger charge is 2.34. The largest absolute Gasteiger partial charge is 0.497 e. The third-order valence-corrected chi connectivity index (χ3v) is 6.98. The lowest BCUT2D eigenvalue weighted by Gasteiger charge is -2.28. The minimum absolute atomic E-state index is 0.0315. The molecule has 0 aromatic heterocycles. The first-order valence-corrected chi connectivity index (χ1v) is 11.8. The van der Waals surface area contributed by atoms with E-state index in [0.717, 1.165) is 0 Å². The molecule has 0 radical (unpaired) electrons. The van der Waals surface area contributed by atoms with Gasteiger partial charge in [-0.2, -0.15) is 4.39 Å². The van der Waals surface area contributed by atoms with E-state index in [0.29, 0.717) is 43.6 Å². The first-order chi connectivity index (χ1) is 17.4. The van der Waals surface area contributed by atoms with Crippen LogP contribution in [0.25, 0.3) is 11.1 Å². The van der Waals surface area contributed by atoms with Gasteiger partial charge in [0.05, 0.1) is 19.6 Å². The predicted molar refractivity (Wildman–Crippen MR) is 124 cm³/mol. The fourth-order valence-corrected chi connectivity index (χ4v) is 4.81. The Kier molecular flexibility index (Phi) is 6.71. The van der Waals surface area contributed by atoms with Crippen molar-refractivity contribution in [3.63, 3.8) is 0 Å². The maximum atomic E-state index is 14.7. The zero-order valence-corrected chi connectivity index (χ0v) is 19.5. The van der Waals surface area contributed by atoms with Crippen LogP contribution in [0.1, 0.15) is 48.8 Å². The number of rotatable bonds is 6. The molecule has 1 saturated heterocycles. The molecule has 0 N–H and O–H groups in total. The number of methoxy groups -OCH3 is 1. The Morgan fingerprint density at radius 1 is 0.806 bits per heavy atom. The number of esters is 1. The van der Waals surface area contributed by atoms with E-state index in [-0.39, 0.29) is 28.7 Å². The van der Waals surface area contributed by atoms with Gasteiger partial charge in [-0.25, -0.2) is 13.2 Å². The molecule has 1 heterocycles. The van der Waals surface area contributed by atoms with Gasteiger partial charge in [0.1, 0.15) is 11.9 Å². The fraction of sp³-hybridized carbons (Fsp3) is 0.321. The van der Waals surface area contributed by atoms with Gasteiger partial charge in [-0.05, 0) is 67.0 Å². The summed E-state index contributed by atoms with van der Waals surface area (Å²) in [6.07, 6.45) is 1.25. The molecule has 2 aliphatic rings.